The number of hydrogen-bond acceptors (Lipinski definition) is 3. The van der Waals surface area contributed by atoms with Crippen LogP contribution in [-0.2, 0) is 9.09 Å². The van der Waals surface area contributed by atoms with Crippen molar-refractivity contribution in [1.29, 1.82) is 0 Å². The number of hydrogen-bond donors (Lipinski definition) is 3. The number of rotatable bonds is 36. The van der Waals surface area contributed by atoms with Gasteiger partial charge in [-0.2, -0.15) is 0 Å². The number of phosphoric acid groups is 1. The van der Waals surface area contributed by atoms with Gasteiger partial charge in [-0.1, -0.05) is 207 Å². The molecule has 0 unspecified atom stereocenters. The Hall–Kier alpha value is 0.0700. The van der Waals surface area contributed by atoms with E-state index in [0.717, 1.165) is 19.3 Å². The molecular weight excluding hydrogens is 565 g/mol. The molecule has 0 saturated carbocycles. The number of nitrogens with one attached hydrogen (secondary N) is 1. The highest BCUT2D eigenvalue weighted by Crippen LogP contribution is 2.35. The van der Waals surface area contributed by atoms with Crippen LogP contribution in [0, 0.1) is 0 Å². The third-order valence-corrected chi connectivity index (χ3v) is 9.19. The molecule has 6 heteroatoms. The molecule has 0 amide bonds. The monoisotopic (exact) mass is 648 g/mol. The maximum atomic E-state index is 10.5. The highest BCUT2D eigenvalue weighted by atomic mass is 31.2. The molecule has 0 aliphatic carbocycles. The average Bonchev–Trinajstić information content (AvgIpc) is 3.00. The van der Waals surface area contributed by atoms with E-state index < -0.39 is 7.82 Å². The summed E-state index contributed by atoms with van der Waals surface area (Å²) in [5.74, 6) is 0. The molecule has 0 saturated heterocycles. The first kappa shape index (κ1) is 46.2. The zero-order valence-corrected chi connectivity index (χ0v) is 31.3. The van der Waals surface area contributed by atoms with Crippen LogP contribution >= 0.6 is 7.82 Å². The van der Waals surface area contributed by atoms with Crippen molar-refractivity contribution in [1.82, 2.24) is 5.32 Å². The Balaban J connectivity index is 0. The lowest BCUT2D eigenvalue weighted by Crippen LogP contribution is -2.16. The van der Waals surface area contributed by atoms with Crippen molar-refractivity contribution >= 4 is 7.82 Å². The Morgan fingerprint density at radius 3 is 0.864 bits per heavy atom. The fraction of sp³-hybridized carbons (Fsp3) is 1.00. The van der Waals surface area contributed by atoms with Crippen molar-refractivity contribution in [3.8, 4) is 0 Å². The van der Waals surface area contributed by atoms with Crippen molar-refractivity contribution in [2.24, 2.45) is 0 Å². The van der Waals surface area contributed by atoms with Crippen LogP contribution in [0.4, 0.5) is 0 Å². The van der Waals surface area contributed by atoms with E-state index in [4.69, 9.17) is 9.79 Å². The Bertz CT molecular complexity index is 529. The molecule has 0 aliphatic heterocycles. The third kappa shape index (κ3) is 49.0. The fourth-order valence-corrected chi connectivity index (χ4v) is 6.09. The molecule has 0 atom stereocenters. The van der Waals surface area contributed by atoms with E-state index in [9.17, 15) is 4.57 Å². The third-order valence-electron chi connectivity index (χ3n) is 8.67. The van der Waals surface area contributed by atoms with Gasteiger partial charge in [0.2, 0.25) is 0 Å². The van der Waals surface area contributed by atoms with Gasteiger partial charge in [-0.05, 0) is 32.4 Å². The Kier molecular flexibility index (Phi) is 43.1. The van der Waals surface area contributed by atoms with Crippen molar-refractivity contribution < 1.29 is 18.9 Å². The molecule has 0 rings (SSSR count). The van der Waals surface area contributed by atoms with Gasteiger partial charge in [0.15, 0.2) is 0 Å². The topological polar surface area (TPSA) is 78.8 Å². The number of phosphoric ester groups is 1. The van der Waals surface area contributed by atoms with Crippen LogP contribution < -0.4 is 5.32 Å². The van der Waals surface area contributed by atoms with Gasteiger partial charge < -0.3 is 15.1 Å². The van der Waals surface area contributed by atoms with Gasteiger partial charge in [0, 0.05) is 0 Å². The maximum absolute atomic E-state index is 10.5. The fourth-order valence-electron chi connectivity index (χ4n) is 5.73. The van der Waals surface area contributed by atoms with Gasteiger partial charge in [-0.15, -0.1) is 0 Å². The predicted octanol–water partition coefficient (Wildman–Crippen LogP) is 13.2. The SMILES string of the molecule is CCCCCCCCCCCCCCCCCCCCCCOP(=O)(O)O.CCCCCCCCNCCCCCCCC. The number of unbranched alkanes of at least 4 members (excludes halogenated alkanes) is 29. The van der Waals surface area contributed by atoms with Gasteiger partial charge in [0.25, 0.3) is 0 Å². The molecule has 0 spiro atoms. The van der Waals surface area contributed by atoms with Gasteiger partial charge in [0.05, 0.1) is 6.61 Å². The molecule has 0 aromatic rings. The van der Waals surface area contributed by atoms with E-state index in [2.05, 4.69) is 30.6 Å². The van der Waals surface area contributed by atoms with E-state index in [1.165, 1.54) is 199 Å². The van der Waals surface area contributed by atoms with Crippen molar-refractivity contribution in [3.63, 3.8) is 0 Å². The first-order chi connectivity index (χ1) is 21.5. The summed E-state index contributed by atoms with van der Waals surface area (Å²) in [4.78, 5) is 17.1. The van der Waals surface area contributed by atoms with Crippen LogP contribution in [0.2, 0.25) is 0 Å². The van der Waals surface area contributed by atoms with Crippen LogP contribution in [-0.4, -0.2) is 29.5 Å². The first-order valence-corrected chi connectivity index (χ1v) is 21.4. The quantitative estimate of drug-likeness (QED) is 0.0466. The van der Waals surface area contributed by atoms with Crippen LogP contribution in [0.25, 0.3) is 0 Å². The van der Waals surface area contributed by atoms with Crippen LogP contribution in [0.3, 0.4) is 0 Å². The largest absolute Gasteiger partial charge is 0.469 e. The molecule has 0 radical (unpaired) electrons. The summed E-state index contributed by atoms with van der Waals surface area (Å²) >= 11 is 0. The highest BCUT2D eigenvalue weighted by molar-refractivity contribution is 7.46. The summed E-state index contributed by atoms with van der Waals surface area (Å²) in [6, 6.07) is 0. The maximum Gasteiger partial charge on any atom is 0.469 e. The Morgan fingerprint density at radius 2 is 0.614 bits per heavy atom. The molecule has 0 aromatic carbocycles. The average molecular weight is 648 g/mol. The summed E-state index contributed by atoms with van der Waals surface area (Å²) in [5, 5.41) is 3.57. The normalized spacial score (nSPS) is 11.6. The summed E-state index contributed by atoms with van der Waals surface area (Å²) < 4.78 is 14.9. The summed E-state index contributed by atoms with van der Waals surface area (Å²) in [5.41, 5.74) is 0. The van der Waals surface area contributed by atoms with Crippen LogP contribution in [0.15, 0.2) is 0 Å². The minimum atomic E-state index is -4.26. The summed E-state index contributed by atoms with van der Waals surface area (Å²) in [7, 11) is -4.26. The van der Waals surface area contributed by atoms with E-state index in [1.54, 1.807) is 0 Å². The predicted molar refractivity (Wildman–Crippen MR) is 196 cm³/mol. The van der Waals surface area contributed by atoms with Gasteiger partial charge in [-0.3, -0.25) is 4.52 Å². The summed E-state index contributed by atoms with van der Waals surface area (Å²) in [6.07, 6.45) is 43.4. The van der Waals surface area contributed by atoms with Gasteiger partial charge in [0.1, 0.15) is 0 Å². The van der Waals surface area contributed by atoms with Crippen molar-refractivity contribution in [3.05, 3.63) is 0 Å². The molecule has 5 nitrogen and oxygen atoms in total. The molecule has 0 fully saturated rings. The standard InChI is InChI=1S/C22H47O4P.C16H35N/c1-2-3-4-5-6-7-8-9-10-11-12-13-14-15-16-17-18-19-20-21-22-26-27(23,24)25;1-3-5-7-9-11-13-15-17-16-14-12-10-8-6-4-2/h2-22H2,1H3,(H2,23,24,25);17H,3-16H2,1-2H3. The molecule has 3 N–H and O–H groups in total. The minimum Gasteiger partial charge on any atom is -0.317 e. The molecule has 0 aromatic heterocycles. The minimum absolute atomic E-state index is 0.170. The molecule has 0 bridgehead atoms. The van der Waals surface area contributed by atoms with E-state index >= 15 is 0 Å². The van der Waals surface area contributed by atoms with E-state index in [0.29, 0.717) is 0 Å². The second kappa shape index (κ2) is 41.1. The summed E-state index contributed by atoms with van der Waals surface area (Å²) in [6.45, 7) is 9.48. The highest BCUT2D eigenvalue weighted by Gasteiger charge is 2.12. The Labute approximate surface area is 277 Å². The molecule has 0 heterocycles. The lowest BCUT2D eigenvalue weighted by atomic mass is 10.0. The lowest BCUT2D eigenvalue weighted by molar-refractivity contribution is 0.193. The zero-order valence-electron chi connectivity index (χ0n) is 30.4. The van der Waals surface area contributed by atoms with E-state index in [-0.39, 0.29) is 6.61 Å². The smallest absolute Gasteiger partial charge is 0.317 e. The Morgan fingerprint density at radius 1 is 0.386 bits per heavy atom. The molecular formula is C38H82NO4P. The van der Waals surface area contributed by atoms with E-state index in [1.807, 2.05) is 0 Å². The zero-order chi connectivity index (χ0) is 32.7. The lowest BCUT2D eigenvalue weighted by Gasteiger charge is -2.05. The second-order valence-electron chi connectivity index (χ2n) is 13.3. The molecule has 268 valence electrons. The van der Waals surface area contributed by atoms with Gasteiger partial charge in [-0.25, -0.2) is 4.57 Å². The van der Waals surface area contributed by atoms with Gasteiger partial charge >= 0.3 is 7.82 Å². The van der Waals surface area contributed by atoms with Crippen molar-refractivity contribution in [2.75, 3.05) is 19.7 Å². The molecule has 0 aliphatic rings. The van der Waals surface area contributed by atoms with Crippen molar-refractivity contribution in [2.45, 2.75) is 226 Å². The molecule has 44 heavy (non-hydrogen) atoms. The first-order valence-electron chi connectivity index (χ1n) is 19.9. The van der Waals surface area contributed by atoms with Crippen LogP contribution in [0.1, 0.15) is 226 Å². The van der Waals surface area contributed by atoms with Crippen LogP contribution in [0.5, 0.6) is 0 Å². The second-order valence-corrected chi connectivity index (χ2v) is 14.6.